The van der Waals surface area contributed by atoms with Gasteiger partial charge in [-0.2, -0.15) is 0 Å². The molecule has 28 heavy (non-hydrogen) atoms. The molecule has 0 aliphatic heterocycles. The fraction of sp³-hybridized carbons (Fsp3) is 0.263. The van der Waals surface area contributed by atoms with E-state index in [0.29, 0.717) is 40.2 Å². The molecule has 1 amide bonds. The van der Waals surface area contributed by atoms with E-state index in [9.17, 15) is 4.79 Å². The standard InChI is InChI=1S/C19H21ClN6O2/c1-4-26-18(17(24-25-26)16-10-9-15(21)11(2)22-16)23-19(27)28-12(3)13-7-5-6-8-14(13)20/h5-10,12H,4,21H2,1-3H3,(H,23,27)/t12-/m1/s1. The zero-order valence-corrected chi connectivity index (χ0v) is 16.6. The second kappa shape index (κ2) is 8.26. The summed E-state index contributed by atoms with van der Waals surface area (Å²) in [5.41, 5.74) is 8.80. The lowest BCUT2D eigenvalue weighted by Gasteiger charge is -2.16. The predicted molar refractivity (Wildman–Crippen MR) is 108 cm³/mol. The molecule has 146 valence electrons. The van der Waals surface area contributed by atoms with Crippen LogP contribution in [0.25, 0.3) is 11.4 Å². The summed E-state index contributed by atoms with van der Waals surface area (Å²) in [6.45, 7) is 5.96. The highest BCUT2D eigenvalue weighted by atomic mass is 35.5. The van der Waals surface area contributed by atoms with Crippen molar-refractivity contribution in [2.24, 2.45) is 0 Å². The van der Waals surface area contributed by atoms with Crippen LogP contribution in [-0.4, -0.2) is 26.1 Å². The number of aryl methyl sites for hydroxylation is 2. The third-order valence-corrected chi connectivity index (χ3v) is 4.60. The van der Waals surface area contributed by atoms with Crippen LogP contribution < -0.4 is 11.1 Å². The van der Waals surface area contributed by atoms with Crippen LogP contribution >= 0.6 is 11.6 Å². The van der Waals surface area contributed by atoms with E-state index in [2.05, 4.69) is 20.6 Å². The molecule has 2 heterocycles. The molecule has 3 aromatic rings. The van der Waals surface area contributed by atoms with Gasteiger partial charge in [-0.1, -0.05) is 35.0 Å². The molecule has 0 aliphatic rings. The first-order valence-electron chi connectivity index (χ1n) is 8.79. The Balaban J connectivity index is 1.83. The molecule has 3 rings (SSSR count). The molecule has 0 fully saturated rings. The van der Waals surface area contributed by atoms with Crippen LogP contribution in [0.4, 0.5) is 16.3 Å². The van der Waals surface area contributed by atoms with Gasteiger partial charge in [-0.15, -0.1) is 5.10 Å². The summed E-state index contributed by atoms with van der Waals surface area (Å²) < 4.78 is 7.04. The second-order valence-corrected chi connectivity index (χ2v) is 6.57. The molecule has 1 aromatic carbocycles. The molecular weight excluding hydrogens is 380 g/mol. The monoisotopic (exact) mass is 400 g/mol. The van der Waals surface area contributed by atoms with Crippen LogP contribution in [0.1, 0.15) is 31.2 Å². The molecule has 0 unspecified atom stereocenters. The van der Waals surface area contributed by atoms with Gasteiger partial charge in [0, 0.05) is 17.1 Å². The van der Waals surface area contributed by atoms with Gasteiger partial charge >= 0.3 is 6.09 Å². The summed E-state index contributed by atoms with van der Waals surface area (Å²) >= 11 is 6.17. The Morgan fingerprint density at radius 1 is 1.32 bits per heavy atom. The third kappa shape index (κ3) is 4.07. The number of benzene rings is 1. The molecule has 8 nitrogen and oxygen atoms in total. The van der Waals surface area contributed by atoms with E-state index < -0.39 is 12.2 Å². The van der Waals surface area contributed by atoms with Gasteiger partial charge in [0.25, 0.3) is 0 Å². The number of carbonyl (C=O) groups excluding carboxylic acids is 1. The van der Waals surface area contributed by atoms with Gasteiger partial charge in [0.1, 0.15) is 6.10 Å². The molecule has 0 bridgehead atoms. The van der Waals surface area contributed by atoms with Gasteiger partial charge < -0.3 is 10.5 Å². The van der Waals surface area contributed by atoms with Crippen molar-refractivity contribution in [3.8, 4) is 11.4 Å². The molecular formula is C19H21ClN6O2. The largest absolute Gasteiger partial charge is 0.441 e. The summed E-state index contributed by atoms with van der Waals surface area (Å²) in [6.07, 6.45) is -1.17. The Kier molecular flexibility index (Phi) is 5.79. The minimum atomic E-state index is -0.641. The van der Waals surface area contributed by atoms with E-state index in [-0.39, 0.29) is 0 Å². The summed E-state index contributed by atoms with van der Waals surface area (Å²) in [5, 5.41) is 11.5. The lowest BCUT2D eigenvalue weighted by Crippen LogP contribution is -2.19. The Hall–Kier alpha value is -3.13. The minimum absolute atomic E-state index is 0.399. The average molecular weight is 401 g/mol. The van der Waals surface area contributed by atoms with Crippen molar-refractivity contribution in [3.05, 3.63) is 52.7 Å². The number of nitrogen functional groups attached to an aromatic ring is 1. The lowest BCUT2D eigenvalue weighted by molar-refractivity contribution is 0.121. The van der Waals surface area contributed by atoms with Gasteiger partial charge in [-0.25, -0.2) is 14.5 Å². The highest BCUT2D eigenvalue weighted by molar-refractivity contribution is 6.31. The fourth-order valence-corrected chi connectivity index (χ4v) is 2.98. The number of pyridine rings is 1. The molecule has 0 saturated heterocycles. The van der Waals surface area contributed by atoms with E-state index in [1.54, 1.807) is 36.7 Å². The second-order valence-electron chi connectivity index (χ2n) is 6.17. The van der Waals surface area contributed by atoms with Crippen molar-refractivity contribution in [3.63, 3.8) is 0 Å². The third-order valence-electron chi connectivity index (χ3n) is 4.25. The van der Waals surface area contributed by atoms with Crippen LogP contribution in [0, 0.1) is 6.92 Å². The minimum Gasteiger partial charge on any atom is -0.441 e. The van der Waals surface area contributed by atoms with Crippen LogP contribution in [0.3, 0.4) is 0 Å². The van der Waals surface area contributed by atoms with E-state index in [0.717, 1.165) is 5.56 Å². The zero-order chi connectivity index (χ0) is 20.3. The first kappa shape index (κ1) is 19.6. The molecule has 1 atom stereocenters. The summed E-state index contributed by atoms with van der Waals surface area (Å²) in [4.78, 5) is 16.9. The summed E-state index contributed by atoms with van der Waals surface area (Å²) in [7, 11) is 0. The number of hydrogen-bond donors (Lipinski definition) is 2. The Morgan fingerprint density at radius 3 is 2.75 bits per heavy atom. The Labute approximate surface area is 167 Å². The topological polar surface area (TPSA) is 108 Å². The van der Waals surface area contributed by atoms with Gasteiger partial charge in [-0.05, 0) is 39.0 Å². The van der Waals surface area contributed by atoms with Gasteiger partial charge in [0.05, 0.1) is 17.1 Å². The highest BCUT2D eigenvalue weighted by Gasteiger charge is 2.21. The number of carbonyl (C=O) groups is 1. The molecule has 9 heteroatoms. The van der Waals surface area contributed by atoms with Crippen molar-refractivity contribution < 1.29 is 9.53 Å². The first-order chi connectivity index (χ1) is 13.4. The number of hydrogen-bond acceptors (Lipinski definition) is 6. The number of rotatable bonds is 5. The number of amides is 1. The van der Waals surface area contributed by atoms with Gasteiger partial charge in [0.2, 0.25) is 0 Å². The SMILES string of the molecule is CCn1nnc(-c2ccc(N)c(C)n2)c1NC(=O)O[C@H](C)c1ccccc1Cl. The van der Waals surface area contributed by atoms with Crippen LogP contribution in [-0.2, 0) is 11.3 Å². The predicted octanol–water partition coefficient (Wildman–Crippen LogP) is 4.21. The number of nitrogens with two attached hydrogens (primary N) is 1. The van der Waals surface area contributed by atoms with Crippen molar-refractivity contribution >= 4 is 29.2 Å². The average Bonchev–Trinajstić information content (AvgIpc) is 3.06. The van der Waals surface area contributed by atoms with Gasteiger partial charge in [-0.3, -0.25) is 5.32 Å². The van der Waals surface area contributed by atoms with E-state index in [1.165, 1.54) is 0 Å². The van der Waals surface area contributed by atoms with Gasteiger partial charge in [0.15, 0.2) is 11.5 Å². The quantitative estimate of drug-likeness (QED) is 0.664. The normalized spacial score (nSPS) is 11.9. The van der Waals surface area contributed by atoms with Crippen molar-refractivity contribution in [2.75, 3.05) is 11.1 Å². The number of aromatic nitrogens is 4. The number of anilines is 2. The van der Waals surface area contributed by atoms with Crippen molar-refractivity contribution in [1.82, 2.24) is 20.0 Å². The Morgan fingerprint density at radius 2 is 2.07 bits per heavy atom. The van der Waals surface area contributed by atoms with E-state index >= 15 is 0 Å². The fourth-order valence-electron chi connectivity index (χ4n) is 2.69. The number of halogens is 1. The summed E-state index contributed by atoms with van der Waals surface area (Å²) in [5.74, 6) is 0.399. The lowest BCUT2D eigenvalue weighted by atomic mass is 10.1. The van der Waals surface area contributed by atoms with E-state index in [1.807, 2.05) is 25.1 Å². The molecule has 3 N–H and O–H groups in total. The smallest absolute Gasteiger partial charge is 0.413 e. The molecule has 0 spiro atoms. The highest BCUT2D eigenvalue weighted by Crippen LogP contribution is 2.28. The maximum absolute atomic E-state index is 12.5. The molecule has 0 saturated carbocycles. The zero-order valence-electron chi connectivity index (χ0n) is 15.8. The van der Waals surface area contributed by atoms with E-state index in [4.69, 9.17) is 22.1 Å². The van der Waals surface area contributed by atoms with Crippen molar-refractivity contribution in [1.29, 1.82) is 0 Å². The molecule has 0 aliphatic carbocycles. The van der Waals surface area contributed by atoms with Crippen LogP contribution in [0.15, 0.2) is 36.4 Å². The van der Waals surface area contributed by atoms with Crippen LogP contribution in [0.2, 0.25) is 5.02 Å². The maximum Gasteiger partial charge on any atom is 0.413 e. The molecule has 2 aromatic heterocycles. The molecule has 0 radical (unpaired) electrons. The summed E-state index contributed by atoms with van der Waals surface area (Å²) in [6, 6.07) is 10.7. The van der Waals surface area contributed by atoms with Crippen LogP contribution in [0.5, 0.6) is 0 Å². The number of nitrogens with zero attached hydrogens (tertiary/aromatic N) is 4. The Bertz CT molecular complexity index is 1000. The first-order valence-corrected chi connectivity index (χ1v) is 9.17. The number of ether oxygens (including phenoxy) is 1. The number of nitrogens with one attached hydrogen (secondary N) is 1. The van der Waals surface area contributed by atoms with Crippen molar-refractivity contribution in [2.45, 2.75) is 33.4 Å². The maximum atomic E-state index is 12.5.